The molecule has 1 nitrogen and oxygen atoms in total. The van der Waals surface area contributed by atoms with Crippen molar-refractivity contribution < 1.29 is 8.78 Å². The molecule has 0 saturated carbocycles. The number of hydrogen-bond donors (Lipinski definition) is 1. The van der Waals surface area contributed by atoms with Crippen molar-refractivity contribution in [3.05, 3.63) is 33.4 Å². The SMILES string of the molecule is Cc1c(C)c(C)c([C@@H](N)C(F)F)c(C)c1C.Cl. The smallest absolute Gasteiger partial charge is 0.257 e. The van der Waals surface area contributed by atoms with E-state index >= 15 is 0 Å². The van der Waals surface area contributed by atoms with Crippen LogP contribution in [0.3, 0.4) is 0 Å². The summed E-state index contributed by atoms with van der Waals surface area (Å²) < 4.78 is 25.4. The Labute approximate surface area is 108 Å². The van der Waals surface area contributed by atoms with Crippen LogP contribution in [0.2, 0.25) is 0 Å². The minimum atomic E-state index is -2.51. The second kappa shape index (κ2) is 5.78. The summed E-state index contributed by atoms with van der Waals surface area (Å²) in [6.07, 6.45) is -2.51. The fourth-order valence-electron chi connectivity index (χ4n) is 2.15. The van der Waals surface area contributed by atoms with Gasteiger partial charge < -0.3 is 5.73 Å². The normalized spacial score (nSPS) is 12.5. The van der Waals surface area contributed by atoms with Crippen molar-refractivity contribution in [2.45, 2.75) is 47.1 Å². The molecule has 1 aromatic carbocycles. The fourth-order valence-corrected chi connectivity index (χ4v) is 2.15. The number of rotatable bonds is 2. The lowest BCUT2D eigenvalue weighted by atomic mass is 9.86. The van der Waals surface area contributed by atoms with Gasteiger partial charge in [-0.1, -0.05) is 0 Å². The lowest BCUT2D eigenvalue weighted by Crippen LogP contribution is -2.22. The highest BCUT2D eigenvalue weighted by molar-refractivity contribution is 5.85. The van der Waals surface area contributed by atoms with E-state index in [0.29, 0.717) is 5.56 Å². The Morgan fingerprint density at radius 3 is 1.35 bits per heavy atom. The van der Waals surface area contributed by atoms with E-state index < -0.39 is 12.5 Å². The summed E-state index contributed by atoms with van der Waals surface area (Å²) in [5.41, 5.74) is 11.3. The number of halogens is 3. The van der Waals surface area contributed by atoms with Gasteiger partial charge in [-0.3, -0.25) is 0 Å². The number of alkyl halides is 2. The first-order chi connectivity index (χ1) is 7.29. The molecule has 0 aliphatic heterocycles. The minimum Gasteiger partial charge on any atom is -0.319 e. The fraction of sp³-hybridized carbons (Fsp3) is 0.538. The van der Waals surface area contributed by atoms with Gasteiger partial charge in [0.1, 0.15) is 0 Å². The summed E-state index contributed by atoms with van der Waals surface area (Å²) in [5.74, 6) is 0. The molecular formula is C13H20ClF2N. The zero-order chi connectivity index (χ0) is 12.6. The third-order valence-electron chi connectivity index (χ3n) is 3.66. The molecule has 17 heavy (non-hydrogen) atoms. The van der Waals surface area contributed by atoms with Gasteiger partial charge in [-0.05, 0) is 68.0 Å². The molecule has 0 amide bonds. The summed E-state index contributed by atoms with van der Waals surface area (Å²) in [5, 5.41) is 0. The van der Waals surface area contributed by atoms with Crippen molar-refractivity contribution in [1.82, 2.24) is 0 Å². The van der Waals surface area contributed by atoms with Crippen molar-refractivity contribution in [1.29, 1.82) is 0 Å². The van der Waals surface area contributed by atoms with E-state index in [1.165, 1.54) is 5.56 Å². The van der Waals surface area contributed by atoms with Gasteiger partial charge in [0, 0.05) is 0 Å². The second-order valence-corrected chi connectivity index (χ2v) is 4.40. The first-order valence-electron chi connectivity index (χ1n) is 5.39. The van der Waals surface area contributed by atoms with Crippen LogP contribution >= 0.6 is 12.4 Å². The summed E-state index contributed by atoms with van der Waals surface area (Å²) >= 11 is 0. The molecule has 0 saturated heterocycles. The lowest BCUT2D eigenvalue weighted by molar-refractivity contribution is 0.116. The van der Waals surface area contributed by atoms with Crippen LogP contribution in [0.15, 0.2) is 0 Å². The van der Waals surface area contributed by atoms with Crippen LogP contribution in [0.1, 0.15) is 39.4 Å². The molecule has 98 valence electrons. The Hall–Kier alpha value is -0.670. The highest BCUT2D eigenvalue weighted by Gasteiger charge is 2.23. The molecule has 0 bridgehead atoms. The Morgan fingerprint density at radius 2 is 1.06 bits per heavy atom. The van der Waals surface area contributed by atoms with Crippen molar-refractivity contribution in [3.63, 3.8) is 0 Å². The van der Waals surface area contributed by atoms with Crippen LogP contribution < -0.4 is 5.73 Å². The molecule has 0 aromatic heterocycles. The summed E-state index contributed by atoms with van der Waals surface area (Å²) in [4.78, 5) is 0. The molecule has 0 aliphatic carbocycles. The number of nitrogens with two attached hydrogens (primary N) is 1. The van der Waals surface area contributed by atoms with E-state index in [1.54, 1.807) is 0 Å². The van der Waals surface area contributed by atoms with Gasteiger partial charge in [0.2, 0.25) is 0 Å². The van der Waals surface area contributed by atoms with E-state index in [1.807, 2.05) is 34.6 Å². The van der Waals surface area contributed by atoms with Gasteiger partial charge in [-0.25, -0.2) is 8.78 Å². The maximum atomic E-state index is 12.7. The Kier molecular flexibility index (Phi) is 5.56. The highest BCUT2D eigenvalue weighted by Crippen LogP contribution is 2.31. The molecule has 4 heteroatoms. The summed E-state index contributed by atoms with van der Waals surface area (Å²) in [6, 6.07) is -1.18. The lowest BCUT2D eigenvalue weighted by Gasteiger charge is -2.22. The minimum absolute atomic E-state index is 0. The largest absolute Gasteiger partial charge is 0.319 e. The van der Waals surface area contributed by atoms with Gasteiger partial charge in [0.05, 0.1) is 6.04 Å². The van der Waals surface area contributed by atoms with E-state index in [4.69, 9.17) is 5.73 Å². The first kappa shape index (κ1) is 16.3. The van der Waals surface area contributed by atoms with Gasteiger partial charge in [-0.2, -0.15) is 0 Å². The zero-order valence-corrected chi connectivity index (χ0v) is 11.7. The Morgan fingerprint density at radius 1 is 0.765 bits per heavy atom. The molecule has 0 heterocycles. The number of benzene rings is 1. The molecule has 0 radical (unpaired) electrons. The molecule has 0 fully saturated rings. The van der Waals surface area contributed by atoms with Crippen molar-refractivity contribution in [2.75, 3.05) is 0 Å². The topological polar surface area (TPSA) is 26.0 Å². The first-order valence-corrected chi connectivity index (χ1v) is 5.39. The number of hydrogen-bond acceptors (Lipinski definition) is 1. The third-order valence-corrected chi connectivity index (χ3v) is 3.66. The molecule has 2 N–H and O–H groups in total. The molecule has 1 atom stereocenters. The maximum Gasteiger partial charge on any atom is 0.257 e. The molecule has 1 rings (SSSR count). The van der Waals surface area contributed by atoms with Crippen LogP contribution in [-0.2, 0) is 0 Å². The van der Waals surface area contributed by atoms with Gasteiger partial charge in [0.15, 0.2) is 0 Å². The van der Waals surface area contributed by atoms with E-state index in [-0.39, 0.29) is 12.4 Å². The quantitative estimate of drug-likeness (QED) is 0.860. The van der Waals surface area contributed by atoms with E-state index in [9.17, 15) is 8.78 Å². The zero-order valence-electron chi connectivity index (χ0n) is 10.9. The predicted molar refractivity (Wildman–Crippen MR) is 70.3 cm³/mol. The van der Waals surface area contributed by atoms with E-state index in [2.05, 4.69) is 0 Å². The van der Waals surface area contributed by atoms with Crippen molar-refractivity contribution >= 4 is 12.4 Å². The van der Waals surface area contributed by atoms with Crippen LogP contribution in [0, 0.1) is 34.6 Å². The van der Waals surface area contributed by atoms with Crippen LogP contribution in [-0.4, -0.2) is 6.43 Å². The predicted octanol–water partition coefficient (Wildman–Crippen LogP) is 3.92. The van der Waals surface area contributed by atoms with Crippen LogP contribution in [0.4, 0.5) is 8.78 Å². The van der Waals surface area contributed by atoms with Gasteiger partial charge in [0.25, 0.3) is 6.43 Å². The molecule has 1 aromatic rings. The molecule has 0 unspecified atom stereocenters. The van der Waals surface area contributed by atoms with Gasteiger partial charge >= 0.3 is 0 Å². The highest BCUT2D eigenvalue weighted by atomic mass is 35.5. The molecular weight excluding hydrogens is 244 g/mol. The Balaban J connectivity index is 0.00000256. The van der Waals surface area contributed by atoms with Crippen molar-refractivity contribution in [2.24, 2.45) is 5.73 Å². The van der Waals surface area contributed by atoms with Gasteiger partial charge in [-0.15, -0.1) is 12.4 Å². The average Bonchev–Trinajstić information content (AvgIpc) is 2.23. The van der Waals surface area contributed by atoms with Crippen molar-refractivity contribution in [3.8, 4) is 0 Å². The van der Waals surface area contributed by atoms with E-state index in [0.717, 1.165) is 22.3 Å². The summed E-state index contributed by atoms with van der Waals surface area (Å²) in [7, 11) is 0. The standard InChI is InChI=1S/C13H19F2N.ClH/c1-6-7(2)9(4)11(10(5)8(6)3)12(16)13(14)15;/h12-13H,16H2,1-5H3;1H/t12-;/m1./s1. The second-order valence-electron chi connectivity index (χ2n) is 4.40. The maximum absolute atomic E-state index is 12.7. The molecule has 0 aliphatic rings. The Bertz CT molecular complexity index is 387. The average molecular weight is 264 g/mol. The van der Waals surface area contributed by atoms with Crippen LogP contribution in [0.5, 0.6) is 0 Å². The van der Waals surface area contributed by atoms with Crippen LogP contribution in [0.25, 0.3) is 0 Å². The third kappa shape index (κ3) is 2.78. The summed E-state index contributed by atoms with van der Waals surface area (Å²) in [6.45, 7) is 9.67. The molecule has 0 spiro atoms. The monoisotopic (exact) mass is 263 g/mol.